The third-order valence-electron chi connectivity index (χ3n) is 1.23. The first-order chi connectivity index (χ1) is 12.0. The molecule has 3 nitrogen and oxygen atoms in total. The van der Waals surface area contributed by atoms with Gasteiger partial charge in [0, 0.05) is 26.6 Å². The lowest BCUT2D eigenvalue weighted by Crippen LogP contribution is -1.93. The van der Waals surface area contributed by atoms with Crippen LogP contribution >= 0.6 is 0 Å². The molecule has 0 aliphatic rings. The highest BCUT2D eigenvalue weighted by Gasteiger charge is 1.96. The molecule has 160 valence electrons. The van der Waals surface area contributed by atoms with Crippen molar-refractivity contribution < 1.29 is 10.2 Å². The Morgan fingerprint density at radius 3 is 0.667 bits per heavy atom. The van der Waals surface area contributed by atoms with Crippen LogP contribution in [0.15, 0.2) is 67.0 Å². The molecule has 0 radical (unpaired) electrons. The maximum Gasteiger partial charge on any atom is 0.0319 e. The largest absolute Gasteiger partial charge is 0.400 e. The molecule has 0 saturated carbocycles. The Labute approximate surface area is 170 Å². The first kappa shape index (κ1) is 36.2. The zero-order valence-electron chi connectivity index (χ0n) is 18.7. The number of benzene rings is 1. The molecule has 2 rings (SSSR count). The van der Waals surface area contributed by atoms with Crippen LogP contribution in [0.4, 0.5) is 0 Å². The number of hydrogen-bond donors (Lipinski definition) is 2. The molecule has 27 heavy (non-hydrogen) atoms. The molecule has 0 spiro atoms. The van der Waals surface area contributed by atoms with Crippen molar-refractivity contribution in [2.45, 2.75) is 62.8 Å². The molecule has 0 aliphatic carbocycles. The van der Waals surface area contributed by atoms with E-state index in [-0.39, 0.29) is 7.43 Å². The number of hydrogen-bond acceptors (Lipinski definition) is 3. The summed E-state index contributed by atoms with van der Waals surface area (Å²) in [5.41, 5.74) is 1.00. The van der Waals surface area contributed by atoms with E-state index in [2.05, 4.69) is 60.4 Å². The van der Waals surface area contributed by atoms with E-state index in [1.54, 1.807) is 12.4 Å². The van der Waals surface area contributed by atoms with Crippen LogP contribution in [0, 0.1) is 10.8 Å². The lowest BCUT2D eigenvalue weighted by Gasteiger charge is -2.05. The second-order valence-corrected chi connectivity index (χ2v) is 8.18. The zero-order chi connectivity index (χ0) is 21.5. The van der Waals surface area contributed by atoms with Crippen molar-refractivity contribution in [1.29, 1.82) is 0 Å². The van der Waals surface area contributed by atoms with Gasteiger partial charge < -0.3 is 10.2 Å². The Bertz CT molecular complexity index is 309. The Balaban J connectivity index is -0.0000000744. The van der Waals surface area contributed by atoms with E-state index < -0.39 is 0 Å². The van der Waals surface area contributed by atoms with Gasteiger partial charge in [-0.15, -0.1) is 0 Å². The maximum atomic E-state index is 7.00. The average Bonchev–Trinajstić information content (AvgIpc) is 2.59. The summed E-state index contributed by atoms with van der Waals surface area (Å²) in [5, 5.41) is 14.0. The van der Waals surface area contributed by atoms with E-state index in [0.717, 1.165) is 14.2 Å². The second kappa shape index (κ2) is 26.5. The fourth-order valence-corrected chi connectivity index (χ4v) is 0.698. The summed E-state index contributed by atoms with van der Waals surface area (Å²) in [6.45, 7) is 17.5. The van der Waals surface area contributed by atoms with Gasteiger partial charge in [0.25, 0.3) is 0 Å². The fraction of sp³-hybridized carbons (Fsp3) is 0.542. The Morgan fingerprint density at radius 2 is 0.593 bits per heavy atom. The summed E-state index contributed by atoms with van der Waals surface area (Å²) in [6, 6.07) is 17.7. The van der Waals surface area contributed by atoms with E-state index in [9.17, 15) is 0 Å². The highest BCUT2D eigenvalue weighted by Crippen LogP contribution is 2.08. The summed E-state index contributed by atoms with van der Waals surface area (Å²) in [6.07, 6.45) is 3.50. The molecular formula is C24H47NO2. The van der Waals surface area contributed by atoms with Gasteiger partial charge in [0.2, 0.25) is 0 Å². The minimum atomic E-state index is 0. The summed E-state index contributed by atoms with van der Waals surface area (Å²) >= 11 is 0. The molecule has 1 heterocycles. The van der Waals surface area contributed by atoms with E-state index in [1.165, 1.54) is 0 Å². The fourth-order valence-electron chi connectivity index (χ4n) is 0.698. The van der Waals surface area contributed by atoms with Crippen LogP contribution in [0.2, 0.25) is 0 Å². The van der Waals surface area contributed by atoms with Gasteiger partial charge in [-0.2, -0.15) is 0 Å². The average molecular weight is 382 g/mol. The minimum Gasteiger partial charge on any atom is -0.400 e. The van der Waals surface area contributed by atoms with Crippen LogP contribution in [0.1, 0.15) is 62.8 Å². The van der Waals surface area contributed by atoms with Crippen LogP contribution in [0.3, 0.4) is 0 Å². The minimum absolute atomic E-state index is 0. The number of nitrogens with zero attached hydrogens (tertiary/aromatic N) is 1. The van der Waals surface area contributed by atoms with Crippen molar-refractivity contribution in [2.75, 3.05) is 14.2 Å². The SMILES string of the molecule is C.CC(C)(C)C.CC(C)(C)C.CO.CO.c1ccccc1.c1ccncc1. The van der Waals surface area contributed by atoms with Crippen molar-refractivity contribution in [3.05, 3.63) is 67.0 Å². The van der Waals surface area contributed by atoms with Gasteiger partial charge in [0.15, 0.2) is 0 Å². The molecule has 0 saturated heterocycles. The molecule has 0 bridgehead atoms. The van der Waals surface area contributed by atoms with Gasteiger partial charge in [-0.1, -0.05) is 105 Å². The van der Waals surface area contributed by atoms with Crippen LogP contribution in [-0.4, -0.2) is 29.4 Å². The standard InChI is InChI=1S/C6H6.C5H5N.2C5H12.2CH4O.CH4/c2*1-2-4-6-5-3-1;2*1-5(2,3)4;2*1-2;/h1-6H;1-5H;2*1-4H3;2*2H,1H3;1H4. The van der Waals surface area contributed by atoms with Gasteiger partial charge in [0.05, 0.1) is 0 Å². The number of aliphatic hydroxyl groups excluding tert-OH is 2. The molecule has 0 unspecified atom stereocenters. The van der Waals surface area contributed by atoms with Crippen LogP contribution < -0.4 is 0 Å². The van der Waals surface area contributed by atoms with Crippen molar-refractivity contribution in [1.82, 2.24) is 4.98 Å². The molecular weight excluding hydrogens is 334 g/mol. The Morgan fingerprint density at radius 1 is 0.444 bits per heavy atom. The Kier molecular flexibility index (Phi) is 35.6. The predicted octanol–water partition coefficient (Wildman–Crippen LogP) is 6.73. The smallest absolute Gasteiger partial charge is 0.0319 e. The van der Waals surface area contributed by atoms with Crippen LogP contribution in [-0.2, 0) is 0 Å². The van der Waals surface area contributed by atoms with E-state index in [1.807, 2.05) is 54.6 Å². The second-order valence-electron chi connectivity index (χ2n) is 8.18. The molecule has 0 aliphatic heterocycles. The first-order valence-corrected chi connectivity index (χ1v) is 8.74. The van der Waals surface area contributed by atoms with E-state index >= 15 is 0 Å². The molecule has 0 amide bonds. The first-order valence-electron chi connectivity index (χ1n) is 8.74. The van der Waals surface area contributed by atoms with Crippen molar-refractivity contribution in [3.63, 3.8) is 0 Å². The molecule has 2 N–H and O–H groups in total. The highest BCUT2D eigenvalue weighted by atomic mass is 16.2. The monoisotopic (exact) mass is 381 g/mol. The normalized spacial score (nSPS) is 8.44. The molecule has 1 aromatic carbocycles. The van der Waals surface area contributed by atoms with E-state index in [4.69, 9.17) is 10.2 Å². The van der Waals surface area contributed by atoms with E-state index in [0.29, 0.717) is 10.8 Å². The summed E-state index contributed by atoms with van der Waals surface area (Å²) in [7, 11) is 2.00. The lowest BCUT2D eigenvalue weighted by atomic mass is 10.0. The number of aliphatic hydroxyl groups is 2. The van der Waals surface area contributed by atoms with Gasteiger partial charge in [-0.3, -0.25) is 4.98 Å². The number of pyridine rings is 1. The topological polar surface area (TPSA) is 53.4 Å². The molecule has 1 aromatic heterocycles. The van der Waals surface area contributed by atoms with Crippen molar-refractivity contribution in [3.8, 4) is 0 Å². The Hall–Kier alpha value is -1.71. The number of aromatic nitrogens is 1. The van der Waals surface area contributed by atoms with Crippen LogP contribution in [0.5, 0.6) is 0 Å². The van der Waals surface area contributed by atoms with Gasteiger partial charge in [-0.25, -0.2) is 0 Å². The lowest BCUT2D eigenvalue weighted by molar-refractivity contribution is 0.399. The summed E-state index contributed by atoms with van der Waals surface area (Å²) in [5.74, 6) is 0. The van der Waals surface area contributed by atoms with Crippen molar-refractivity contribution in [2.24, 2.45) is 10.8 Å². The molecule has 0 fully saturated rings. The summed E-state index contributed by atoms with van der Waals surface area (Å²) < 4.78 is 0. The zero-order valence-corrected chi connectivity index (χ0v) is 18.7. The van der Waals surface area contributed by atoms with Gasteiger partial charge >= 0.3 is 0 Å². The number of rotatable bonds is 0. The molecule has 3 heteroatoms. The quantitative estimate of drug-likeness (QED) is 0.532. The summed E-state index contributed by atoms with van der Waals surface area (Å²) in [4.78, 5) is 3.78. The predicted molar refractivity (Wildman–Crippen MR) is 124 cm³/mol. The highest BCUT2D eigenvalue weighted by molar-refractivity contribution is 4.99. The van der Waals surface area contributed by atoms with Crippen LogP contribution in [0.25, 0.3) is 0 Å². The van der Waals surface area contributed by atoms with Crippen molar-refractivity contribution >= 4 is 0 Å². The third kappa shape index (κ3) is 114. The molecule has 2 aromatic rings. The van der Waals surface area contributed by atoms with Gasteiger partial charge in [-0.05, 0) is 23.0 Å². The van der Waals surface area contributed by atoms with Gasteiger partial charge in [0.1, 0.15) is 0 Å². The third-order valence-corrected chi connectivity index (χ3v) is 1.23. The molecule has 0 atom stereocenters. The maximum absolute atomic E-state index is 7.00.